The number of carboxylic acid groups (broad SMARTS) is 3. The van der Waals surface area contributed by atoms with Crippen molar-refractivity contribution in [2.24, 2.45) is 0 Å². The van der Waals surface area contributed by atoms with E-state index in [0.717, 1.165) is 6.54 Å². The molecule has 2 aliphatic rings. The lowest BCUT2D eigenvalue weighted by Gasteiger charge is -2.50. The summed E-state index contributed by atoms with van der Waals surface area (Å²) in [5.41, 5.74) is 1.72. The summed E-state index contributed by atoms with van der Waals surface area (Å²) in [6, 6.07) is 6.21. The van der Waals surface area contributed by atoms with Crippen LogP contribution in [0, 0.1) is 0 Å². The maximum atomic E-state index is 10.6. The zero-order chi connectivity index (χ0) is 31.4. The molecule has 230 valence electrons. The minimum absolute atomic E-state index is 0.513. The molecule has 2 aliphatic heterocycles. The van der Waals surface area contributed by atoms with E-state index in [1.165, 1.54) is 57.4 Å². The fourth-order valence-electron chi connectivity index (χ4n) is 3.71. The zero-order valence-corrected chi connectivity index (χ0v) is 21.0. The number of carboxylic acids is 3. The highest BCUT2D eigenvalue weighted by molar-refractivity contribution is 5.73. The van der Waals surface area contributed by atoms with Gasteiger partial charge in [-0.15, -0.1) is 0 Å². The molecule has 2 fully saturated rings. The molecule has 0 bridgehead atoms. The number of hydrogen-bond donors (Lipinski definition) is 3. The summed E-state index contributed by atoms with van der Waals surface area (Å²) in [5.74, 6) is -8.27. The number of piperidine rings is 2. The first-order chi connectivity index (χ1) is 18.1. The molecule has 1 spiro atoms. The number of hydrogen-bond acceptors (Lipinski definition) is 6. The molecule has 0 unspecified atom stereocenters. The summed E-state index contributed by atoms with van der Waals surface area (Å²) in [5, 5.41) is 21.4. The van der Waals surface area contributed by atoms with Gasteiger partial charge in [0, 0.05) is 31.4 Å². The number of rotatable bonds is 2. The van der Waals surface area contributed by atoms with E-state index in [0.29, 0.717) is 5.54 Å². The molecule has 18 heteroatoms. The van der Waals surface area contributed by atoms with Crippen LogP contribution in [-0.4, -0.2) is 98.8 Å². The molecule has 40 heavy (non-hydrogen) atoms. The Morgan fingerprint density at radius 3 is 1.52 bits per heavy atom. The van der Waals surface area contributed by atoms with Gasteiger partial charge in [-0.25, -0.2) is 14.4 Å². The van der Waals surface area contributed by atoms with Gasteiger partial charge in [-0.1, -0.05) is 12.5 Å². The van der Waals surface area contributed by atoms with Crippen LogP contribution in [0.3, 0.4) is 0 Å². The molecule has 1 aromatic rings. The van der Waals surface area contributed by atoms with E-state index in [2.05, 4.69) is 34.0 Å². The van der Waals surface area contributed by atoms with E-state index < -0.39 is 36.4 Å². The predicted octanol–water partition coefficient (Wildman–Crippen LogP) is 4.43. The molecule has 2 saturated heterocycles. The summed E-state index contributed by atoms with van der Waals surface area (Å²) in [7, 11) is 2.33. The van der Waals surface area contributed by atoms with Crippen LogP contribution in [0.4, 0.5) is 39.5 Å². The van der Waals surface area contributed by atoms with E-state index in [9.17, 15) is 39.5 Å². The largest absolute Gasteiger partial charge is 0.490 e. The molecule has 3 rings (SSSR count). The van der Waals surface area contributed by atoms with E-state index in [1.807, 2.05) is 12.3 Å². The van der Waals surface area contributed by atoms with Gasteiger partial charge < -0.3 is 20.2 Å². The average molecular weight is 601 g/mol. The highest BCUT2D eigenvalue weighted by atomic mass is 19.4. The lowest BCUT2D eigenvalue weighted by Crippen LogP contribution is -2.55. The van der Waals surface area contributed by atoms with Crippen molar-refractivity contribution >= 4 is 17.9 Å². The molecule has 1 aromatic heterocycles. The number of pyridine rings is 1. The smallest absolute Gasteiger partial charge is 0.475 e. The Balaban J connectivity index is 0.000000603. The molecule has 0 aliphatic carbocycles. The minimum Gasteiger partial charge on any atom is -0.475 e. The number of nitrogens with zero attached hydrogens (tertiary/aromatic N) is 3. The van der Waals surface area contributed by atoms with E-state index in [-0.39, 0.29) is 0 Å². The van der Waals surface area contributed by atoms with Crippen molar-refractivity contribution in [2.45, 2.75) is 62.7 Å². The Bertz CT molecular complexity index is 876. The van der Waals surface area contributed by atoms with Gasteiger partial charge in [0.2, 0.25) is 0 Å². The molecule has 0 aromatic carbocycles. The first kappa shape index (κ1) is 36.8. The third kappa shape index (κ3) is 14.3. The number of alkyl halides is 9. The number of likely N-dealkylation sites (tertiary alicyclic amines) is 2. The van der Waals surface area contributed by atoms with Crippen molar-refractivity contribution < 1.29 is 69.2 Å². The van der Waals surface area contributed by atoms with Crippen molar-refractivity contribution in [3.63, 3.8) is 0 Å². The Morgan fingerprint density at radius 2 is 1.20 bits per heavy atom. The molecule has 0 amide bonds. The highest BCUT2D eigenvalue weighted by Crippen LogP contribution is 2.36. The minimum atomic E-state index is -5.08. The van der Waals surface area contributed by atoms with Gasteiger partial charge in [-0.2, -0.15) is 39.5 Å². The monoisotopic (exact) mass is 601 g/mol. The lowest BCUT2D eigenvalue weighted by molar-refractivity contribution is -0.193. The van der Waals surface area contributed by atoms with Crippen LogP contribution < -0.4 is 0 Å². The van der Waals surface area contributed by atoms with E-state index >= 15 is 0 Å². The number of aliphatic carboxylic acids is 3. The summed E-state index contributed by atoms with van der Waals surface area (Å²) in [6.45, 7) is 4.75. The van der Waals surface area contributed by atoms with E-state index in [1.54, 1.807) is 0 Å². The Morgan fingerprint density at radius 1 is 0.775 bits per heavy atom. The molecule has 9 nitrogen and oxygen atoms in total. The number of halogens is 9. The normalized spacial score (nSPS) is 17.6. The van der Waals surface area contributed by atoms with Crippen LogP contribution >= 0.6 is 0 Å². The molecule has 0 radical (unpaired) electrons. The number of carbonyl (C=O) groups is 3. The third-order valence-corrected chi connectivity index (χ3v) is 5.82. The van der Waals surface area contributed by atoms with Gasteiger partial charge in [-0.05, 0) is 51.4 Å². The lowest BCUT2D eigenvalue weighted by atomic mass is 9.79. The van der Waals surface area contributed by atoms with Crippen LogP contribution in [0.2, 0.25) is 0 Å². The highest BCUT2D eigenvalue weighted by Gasteiger charge is 2.40. The van der Waals surface area contributed by atoms with Crippen LogP contribution in [0.1, 0.15) is 37.8 Å². The van der Waals surface area contributed by atoms with Gasteiger partial charge >= 0.3 is 36.4 Å². The number of aromatic nitrogens is 1. The fraction of sp³-hybridized carbons (Fsp3) is 0.636. The molecule has 3 N–H and O–H groups in total. The predicted molar refractivity (Wildman–Crippen MR) is 119 cm³/mol. The second-order valence-electron chi connectivity index (χ2n) is 8.61. The standard InChI is InChI=1S/C16H25N3.3C2HF3O2/c1-18-11-5-3-7-16(18)8-12-19(13-9-16)14-15-6-2-4-10-17-15;3*3-2(4,5)1(6)7/h2,4,6,10H,3,5,7-9,11-14H2,1H3;3*(H,6,7). The van der Waals surface area contributed by atoms with E-state index in [4.69, 9.17) is 29.7 Å². The average Bonchev–Trinajstić information content (AvgIpc) is 2.82. The van der Waals surface area contributed by atoms with Crippen LogP contribution in [0.25, 0.3) is 0 Å². The second kappa shape index (κ2) is 15.6. The van der Waals surface area contributed by atoms with Crippen molar-refractivity contribution in [3.8, 4) is 0 Å². The molecular weight excluding hydrogens is 573 g/mol. The second-order valence-corrected chi connectivity index (χ2v) is 8.61. The molecule has 0 saturated carbocycles. The maximum Gasteiger partial charge on any atom is 0.490 e. The van der Waals surface area contributed by atoms with Gasteiger partial charge in [0.1, 0.15) is 0 Å². The quantitative estimate of drug-likeness (QED) is 0.422. The SMILES string of the molecule is CN1CCCCC12CCN(Cc1ccccn1)CC2.O=C(O)C(F)(F)F.O=C(O)C(F)(F)F.O=C(O)C(F)(F)F. The first-order valence-electron chi connectivity index (χ1n) is 11.4. The molecule has 3 heterocycles. The van der Waals surface area contributed by atoms with Crippen LogP contribution in [0.5, 0.6) is 0 Å². The Hall–Kier alpha value is -3.15. The first-order valence-corrected chi connectivity index (χ1v) is 11.4. The summed E-state index contributed by atoms with van der Waals surface area (Å²) >= 11 is 0. The van der Waals surface area contributed by atoms with Crippen molar-refractivity contribution in [1.29, 1.82) is 0 Å². The maximum absolute atomic E-state index is 10.6. The summed E-state index contributed by atoms with van der Waals surface area (Å²) in [6.07, 6.45) is -6.48. The van der Waals surface area contributed by atoms with Crippen molar-refractivity contribution in [3.05, 3.63) is 30.1 Å². The van der Waals surface area contributed by atoms with Crippen molar-refractivity contribution in [2.75, 3.05) is 26.7 Å². The topological polar surface area (TPSA) is 131 Å². The third-order valence-electron chi connectivity index (χ3n) is 5.82. The summed E-state index contributed by atoms with van der Waals surface area (Å²) in [4.78, 5) is 36.3. The molecular formula is C22H28F9N3O6. The van der Waals surface area contributed by atoms with Crippen molar-refractivity contribution in [1.82, 2.24) is 14.8 Å². The molecule has 0 atom stereocenters. The zero-order valence-electron chi connectivity index (χ0n) is 21.0. The fourth-order valence-corrected chi connectivity index (χ4v) is 3.71. The van der Waals surface area contributed by atoms with Crippen LogP contribution in [-0.2, 0) is 20.9 Å². The van der Waals surface area contributed by atoms with Gasteiger partial charge in [0.15, 0.2) is 0 Å². The van der Waals surface area contributed by atoms with Crippen LogP contribution in [0.15, 0.2) is 24.4 Å². The summed E-state index contributed by atoms with van der Waals surface area (Å²) < 4.78 is 95.2. The Labute approximate surface area is 222 Å². The Kier molecular flexibility index (Phi) is 14.4. The van der Waals surface area contributed by atoms with Gasteiger partial charge in [0.05, 0.1) is 5.69 Å². The van der Waals surface area contributed by atoms with Gasteiger partial charge in [-0.3, -0.25) is 9.88 Å². The van der Waals surface area contributed by atoms with Gasteiger partial charge in [0.25, 0.3) is 0 Å².